The van der Waals surface area contributed by atoms with Crippen molar-refractivity contribution in [2.45, 2.75) is 66.2 Å². The zero-order chi connectivity index (χ0) is 70.0. The molecule has 6 saturated heterocycles. The highest BCUT2D eigenvalue weighted by Crippen LogP contribution is 2.29. The fourth-order valence-corrected chi connectivity index (χ4v) is 13.0. The molecule has 6 aromatic rings. The number of benzene rings is 3. The number of aryl methyl sites for hydroxylation is 4. The Morgan fingerprint density at radius 3 is 1.37 bits per heavy atom. The van der Waals surface area contributed by atoms with Crippen molar-refractivity contribution < 1.29 is 33.8 Å². The van der Waals surface area contributed by atoms with Gasteiger partial charge in [-0.25, -0.2) is 15.0 Å². The smallest absolute Gasteiger partial charge is 0.269 e. The second kappa shape index (κ2) is 34.7. The molecule has 5 N–H and O–H groups in total. The largest absolute Gasteiger partial charge is 0.506 e. The number of carbonyl (C=O) groups excluding carboxylic acids is 2. The van der Waals surface area contributed by atoms with Crippen LogP contribution in [0.25, 0.3) is 0 Å². The fraction of sp³-hybridized carbons (Fsp3) is 0.493. The summed E-state index contributed by atoms with van der Waals surface area (Å²) < 4.78 is 16.1. The summed E-state index contributed by atoms with van der Waals surface area (Å²) in [6.07, 6.45) is 3.25. The number of aromatic hydroxyl groups is 1. The summed E-state index contributed by atoms with van der Waals surface area (Å²) in [5.41, 5.74) is 9.75. The normalized spacial score (nSPS) is 16.9. The molecule has 6 aliphatic rings. The van der Waals surface area contributed by atoms with Crippen molar-refractivity contribution in [3.05, 3.63) is 178 Å². The van der Waals surface area contributed by atoms with Crippen LogP contribution in [0.1, 0.15) is 58.6 Å². The molecule has 28 heteroatoms. The molecule has 6 aliphatic heterocycles. The van der Waals surface area contributed by atoms with E-state index < -0.39 is 0 Å². The van der Waals surface area contributed by atoms with Crippen LogP contribution in [-0.4, -0.2) is 235 Å². The summed E-state index contributed by atoms with van der Waals surface area (Å²) in [5.74, 6) is 2.09. The number of non-ortho nitro benzene ring substituents is 1. The van der Waals surface area contributed by atoms with Crippen molar-refractivity contribution in [3.63, 3.8) is 0 Å². The van der Waals surface area contributed by atoms with Gasteiger partial charge in [-0.3, -0.25) is 53.9 Å². The average molecular weight is 1360 g/mol. The molecule has 12 rings (SSSR count). The number of hydrogen-bond acceptors (Lipinski definition) is 22. The molecule has 0 unspecified atom stereocenters. The van der Waals surface area contributed by atoms with Gasteiger partial charge in [0.2, 0.25) is 29.7 Å². The van der Waals surface area contributed by atoms with Gasteiger partial charge in [-0.15, -0.1) is 0 Å². The molecule has 9 heterocycles. The van der Waals surface area contributed by atoms with Crippen molar-refractivity contribution in [2.75, 3.05) is 194 Å². The number of rotatable bonds is 20. The highest BCUT2D eigenvalue weighted by molar-refractivity contribution is 5.92. The van der Waals surface area contributed by atoms with Crippen LogP contribution in [0.15, 0.2) is 112 Å². The van der Waals surface area contributed by atoms with Crippen molar-refractivity contribution in [1.29, 1.82) is 0 Å². The Kier molecular flexibility index (Phi) is 25.3. The van der Waals surface area contributed by atoms with E-state index in [1.165, 1.54) is 0 Å². The Hall–Kier alpha value is -9.64. The standard InChI is InChI=1S/C25H34N6O4.C23H30N6O4.C23H31N5O3/c1-18-4-3-5-20(16-18)27-22(32)17-29-8-10-30(11-9-29)23(33)7-6-21-19(2)26-25(28-24(21)34)31-12-14-35-15-13-31;1-17(26-9-11-27(12-10-26)19-4-6-20(7-5-19)29(31)32)3-8-21-18(2)24-23(25-22(21)30)28-13-15-33-16-14-28;1-17(26-9-11-27(12-10-26)20-5-3-4-6-21(20)29)7-8-19-18(2)24-23(25-22(19)30)28-13-15-31-16-14-28/h3-5,16H,6-15,17H2,1-2H3,(H,27,32)(H,26,28,34);4-7H,1,3,8-16H2,2H3,(H,24,25,30);3-6,29H,1,7-16H2,2H3,(H,24,25,30). The Bertz CT molecular complexity index is 3930. The Morgan fingerprint density at radius 2 is 0.949 bits per heavy atom. The number of H-pyrrole nitrogens is 3. The number of aromatic amines is 3. The first kappa shape index (κ1) is 72.1. The molecule has 2 amide bonds. The van der Waals surface area contributed by atoms with E-state index in [9.17, 15) is 39.2 Å². The molecule has 0 bridgehead atoms. The molecule has 99 heavy (non-hydrogen) atoms. The minimum absolute atomic E-state index is 0.0184. The van der Waals surface area contributed by atoms with Gasteiger partial charge in [0.25, 0.3) is 22.4 Å². The molecular formula is C71H95N17O11. The number of piperazine rings is 3. The number of morpholine rings is 3. The van der Waals surface area contributed by atoms with E-state index in [0.717, 1.165) is 136 Å². The van der Waals surface area contributed by atoms with Crippen LogP contribution in [0.4, 0.5) is 40.6 Å². The number of amides is 2. The number of nitrogens with one attached hydrogen (secondary N) is 4. The van der Waals surface area contributed by atoms with Gasteiger partial charge in [-0.05, 0) is 102 Å². The maximum atomic E-state index is 12.8. The second-order valence-electron chi connectivity index (χ2n) is 25.6. The summed E-state index contributed by atoms with van der Waals surface area (Å²) in [5, 5.41) is 23.9. The number of aromatic nitrogens is 6. The maximum Gasteiger partial charge on any atom is 0.269 e. The van der Waals surface area contributed by atoms with Gasteiger partial charge in [0.15, 0.2) is 0 Å². The second-order valence-corrected chi connectivity index (χ2v) is 25.6. The van der Waals surface area contributed by atoms with Crippen LogP contribution >= 0.6 is 0 Å². The van der Waals surface area contributed by atoms with Gasteiger partial charge < -0.3 is 63.8 Å². The minimum Gasteiger partial charge on any atom is -0.506 e. The zero-order valence-electron chi connectivity index (χ0n) is 57.6. The molecule has 0 atom stereocenters. The van der Waals surface area contributed by atoms with Gasteiger partial charge in [0, 0.05) is 193 Å². The Labute approximate surface area is 577 Å². The maximum absolute atomic E-state index is 12.8. The topological polar surface area (TPSA) is 304 Å². The molecule has 530 valence electrons. The quantitative estimate of drug-likeness (QED) is 0.0500. The van der Waals surface area contributed by atoms with Crippen LogP contribution in [0, 0.1) is 37.8 Å². The first-order valence-electron chi connectivity index (χ1n) is 34.4. The van der Waals surface area contributed by atoms with Crippen LogP contribution < -0.4 is 46.5 Å². The van der Waals surface area contributed by atoms with Gasteiger partial charge in [-0.2, -0.15) is 0 Å². The van der Waals surface area contributed by atoms with Crippen LogP contribution in [0.5, 0.6) is 5.75 Å². The number of carbonyl (C=O) groups is 2. The van der Waals surface area contributed by atoms with E-state index in [1.807, 2.05) is 84.9 Å². The number of allylic oxidation sites excluding steroid dienone is 2. The molecule has 28 nitrogen and oxygen atoms in total. The van der Waals surface area contributed by atoms with E-state index in [4.69, 9.17) is 14.2 Å². The van der Waals surface area contributed by atoms with E-state index in [-0.39, 0.29) is 45.5 Å². The lowest BCUT2D eigenvalue weighted by Gasteiger charge is -2.38. The van der Waals surface area contributed by atoms with Gasteiger partial charge in [-0.1, -0.05) is 37.4 Å². The number of nitro groups is 1. The van der Waals surface area contributed by atoms with Crippen LogP contribution in [-0.2, 0) is 43.1 Å². The Morgan fingerprint density at radius 1 is 0.525 bits per heavy atom. The summed E-state index contributed by atoms with van der Waals surface area (Å²) >= 11 is 0. The average Bonchev–Trinajstić information content (AvgIpc) is 0.988. The van der Waals surface area contributed by atoms with E-state index >= 15 is 0 Å². The monoisotopic (exact) mass is 1360 g/mol. The van der Waals surface area contributed by atoms with Gasteiger partial charge >= 0.3 is 0 Å². The molecule has 0 radical (unpaired) electrons. The number of anilines is 6. The van der Waals surface area contributed by atoms with Crippen molar-refractivity contribution in [3.8, 4) is 5.75 Å². The third-order valence-corrected chi connectivity index (χ3v) is 19.0. The number of nitrogens with zero attached hydrogens (tertiary/aromatic N) is 13. The number of para-hydroxylation sites is 2. The first-order valence-corrected chi connectivity index (χ1v) is 34.4. The van der Waals surface area contributed by atoms with E-state index in [2.05, 4.69) is 77.8 Å². The predicted molar refractivity (Wildman–Crippen MR) is 383 cm³/mol. The van der Waals surface area contributed by atoms with Crippen molar-refractivity contribution in [1.82, 2.24) is 49.5 Å². The third kappa shape index (κ3) is 19.8. The van der Waals surface area contributed by atoms with Crippen LogP contribution in [0.3, 0.4) is 0 Å². The van der Waals surface area contributed by atoms with Crippen molar-refractivity contribution >= 4 is 52.4 Å². The lowest BCUT2D eigenvalue weighted by Crippen LogP contribution is -2.50. The fourth-order valence-electron chi connectivity index (χ4n) is 13.0. The number of nitro benzene ring substituents is 1. The number of ether oxygens (including phenoxy) is 3. The first-order chi connectivity index (χ1) is 47.8. The highest BCUT2D eigenvalue weighted by atomic mass is 16.6. The van der Waals surface area contributed by atoms with Crippen LogP contribution in [0.2, 0.25) is 0 Å². The molecule has 0 saturated carbocycles. The summed E-state index contributed by atoms with van der Waals surface area (Å²) in [7, 11) is 0. The summed E-state index contributed by atoms with van der Waals surface area (Å²) in [6, 6.07) is 21.8. The van der Waals surface area contributed by atoms with Gasteiger partial charge in [0.1, 0.15) is 5.75 Å². The zero-order valence-corrected chi connectivity index (χ0v) is 57.6. The van der Waals surface area contributed by atoms with E-state index in [0.29, 0.717) is 152 Å². The number of phenolic OH excluding ortho intramolecular Hbond substituents is 1. The molecule has 0 aliphatic carbocycles. The minimum atomic E-state index is -0.385. The Balaban J connectivity index is 0.000000161. The molecular weight excluding hydrogens is 1270 g/mol. The van der Waals surface area contributed by atoms with E-state index in [1.54, 1.807) is 30.3 Å². The molecule has 3 aromatic carbocycles. The van der Waals surface area contributed by atoms with Crippen molar-refractivity contribution in [2.24, 2.45) is 0 Å². The third-order valence-electron chi connectivity index (χ3n) is 19.0. The number of phenols is 1. The lowest BCUT2D eigenvalue weighted by atomic mass is 10.1. The summed E-state index contributed by atoms with van der Waals surface area (Å²) in [6.45, 7) is 33.6. The SMILES string of the molecule is C=C(CCc1c(C)nc(N2CCOCC2)[nH]c1=O)N1CCN(c2ccc([N+](=O)[O-])cc2)CC1.C=C(CCc1c(C)nc(N2CCOCC2)[nH]c1=O)N1CCN(c2ccccc2O)CC1.Cc1cccc(NC(=O)CN2CCN(C(=O)CCc3c(C)nc(N4CCOCC4)[nH]c3=O)CC2)c1. The summed E-state index contributed by atoms with van der Waals surface area (Å²) in [4.78, 5) is 115. The number of hydrogen-bond donors (Lipinski definition) is 5. The molecule has 6 fully saturated rings. The van der Waals surface area contributed by atoms with Gasteiger partial charge in [0.05, 0.1) is 56.8 Å². The predicted octanol–water partition coefficient (Wildman–Crippen LogP) is 4.92. The lowest BCUT2D eigenvalue weighted by molar-refractivity contribution is -0.384. The highest BCUT2D eigenvalue weighted by Gasteiger charge is 2.27. The molecule has 0 spiro atoms. The molecule has 3 aromatic heterocycles.